The summed E-state index contributed by atoms with van der Waals surface area (Å²) in [6.07, 6.45) is 0.804. The van der Waals surface area contributed by atoms with E-state index in [0.29, 0.717) is 5.15 Å². The average molecular weight is 200 g/mol. The van der Waals surface area contributed by atoms with Crippen molar-refractivity contribution in [3.05, 3.63) is 16.5 Å². The summed E-state index contributed by atoms with van der Waals surface area (Å²) in [5.74, 6) is 1.63. The number of halogens is 1. The molecule has 0 amide bonds. The van der Waals surface area contributed by atoms with Crippen LogP contribution in [0.2, 0.25) is 5.15 Å². The molecular weight excluding hydrogens is 186 g/mol. The SMILES string of the molecule is CCNc1nc(CC)nc(Cl)c1C. The van der Waals surface area contributed by atoms with Gasteiger partial charge in [-0.15, -0.1) is 0 Å². The molecule has 0 aliphatic heterocycles. The van der Waals surface area contributed by atoms with Crippen LogP contribution < -0.4 is 5.32 Å². The molecule has 0 spiro atoms. The highest BCUT2D eigenvalue weighted by Gasteiger charge is 2.06. The van der Waals surface area contributed by atoms with E-state index < -0.39 is 0 Å². The first kappa shape index (κ1) is 10.3. The van der Waals surface area contributed by atoms with Gasteiger partial charge in [0.25, 0.3) is 0 Å². The molecule has 4 heteroatoms. The molecule has 1 aromatic heterocycles. The van der Waals surface area contributed by atoms with Crippen LogP contribution in [0, 0.1) is 6.92 Å². The Morgan fingerprint density at radius 2 is 2.00 bits per heavy atom. The molecule has 3 nitrogen and oxygen atoms in total. The number of aromatic nitrogens is 2. The van der Waals surface area contributed by atoms with Crippen molar-refractivity contribution in [2.75, 3.05) is 11.9 Å². The number of rotatable bonds is 3. The van der Waals surface area contributed by atoms with Gasteiger partial charge in [0, 0.05) is 18.5 Å². The van der Waals surface area contributed by atoms with Crippen molar-refractivity contribution in [3.63, 3.8) is 0 Å². The van der Waals surface area contributed by atoms with Gasteiger partial charge in [0.15, 0.2) is 0 Å². The fraction of sp³-hybridized carbons (Fsp3) is 0.556. The van der Waals surface area contributed by atoms with Crippen LogP contribution in [0.3, 0.4) is 0 Å². The maximum atomic E-state index is 5.94. The lowest BCUT2D eigenvalue weighted by molar-refractivity contribution is 0.926. The molecule has 0 bridgehead atoms. The van der Waals surface area contributed by atoms with Crippen LogP contribution in [0.4, 0.5) is 5.82 Å². The van der Waals surface area contributed by atoms with Crippen molar-refractivity contribution >= 4 is 17.4 Å². The molecule has 1 heterocycles. The molecule has 0 fully saturated rings. The summed E-state index contributed by atoms with van der Waals surface area (Å²) in [4.78, 5) is 8.48. The maximum Gasteiger partial charge on any atom is 0.137 e. The third-order valence-electron chi connectivity index (χ3n) is 1.79. The molecule has 0 aliphatic carbocycles. The zero-order chi connectivity index (χ0) is 9.84. The monoisotopic (exact) mass is 199 g/mol. The lowest BCUT2D eigenvalue weighted by Crippen LogP contribution is -2.06. The van der Waals surface area contributed by atoms with Crippen LogP contribution in [0.1, 0.15) is 25.2 Å². The molecule has 0 aromatic carbocycles. The molecule has 1 N–H and O–H groups in total. The van der Waals surface area contributed by atoms with Crippen molar-refractivity contribution in [2.24, 2.45) is 0 Å². The predicted molar refractivity (Wildman–Crippen MR) is 55.3 cm³/mol. The minimum Gasteiger partial charge on any atom is -0.370 e. The van der Waals surface area contributed by atoms with Gasteiger partial charge in [0.05, 0.1) is 0 Å². The Bertz CT molecular complexity index is 299. The highest BCUT2D eigenvalue weighted by atomic mass is 35.5. The summed E-state index contributed by atoms with van der Waals surface area (Å²) in [5, 5.41) is 3.70. The molecule has 0 saturated carbocycles. The largest absolute Gasteiger partial charge is 0.370 e. The lowest BCUT2D eigenvalue weighted by Gasteiger charge is -2.08. The number of aryl methyl sites for hydroxylation is 1. The first-order valence-electron chi connectivity index (χ1n) is 4.45. The minimum absolute atomic E-state index is 0.544. The van der Waals surface area contributed by atoms with E-state index in [0.717, 1.165) is 30.2 Å². The van der Waals surface area contributed by atoms with Gasteiger partial charge in [0.1, 0.15) is 16.8 Å². The van der Waals surface area contributed by atoms with Crippen molar-refractivity contribution in [3.8, 4) is 0 Å². The highest BCUT2D eigenvalue weighted by molar-refractivity contribution is 6.30. The Hall–Kier alpha value is -0.830. The fourth-order valence-electron chi connectivity index (χ4n) is 1.03. The van der Waals surface area contributed by atoms with Crippen molar-refractivity contribution in [1.82, 2.24) is 9.97 Å². The highest BCUT2D eigenvalue weighted by Crippen LogP contribution is 2.19. The second-order valence-electron chi connectivity index (χ2n) is 2.79. The van der Waals surface area contributed by atoms with Gasteiger partial charge in [-0.3, -0.25) is 0 Å². The number of anilines is 1. The third-order valence-corrected chi connectivity index (χ3v) is 2.16. The molecule has 0 saturated heterocycles. The molecule has 1 aromatic rings. The number of hydrogen-bond donors (Lipinski definition) is 1. The topological polar surface area (TPSA) is 37.8 Å². The smallest absolute Gasteiger partial charge is 0.137 e. The van der Waals surface area contributed by atoms with E-state index in [4.69, 9.17) is 11.6 Å². The van der Waals surface area contributed by atoms with E-state index in [9.17, 15) is 0 Å². The summed E-state index contributed by atoms with van der Waals surface area (Å²) in [6, 6.07) is 0. The number of nitrogens with zero attached hydrogens (tertiary/aromatic N) is 2. The van der Waals surface area contributed by atoms with Gasteiger partial charge >= 0.3 is 0 Å². The van der Waals surface area contributed by atoms with E-state index in [1.54, 1.807) is 0 Å². The zero-order valence-corrected chi connectivity index (χ0v) is 8.94. The van der Waals surface area contributed by atoms with E-state index in [1.807, 2.05) is 20.8 Å². The van der Waals surface area contributed by atoms with Crippen molar-refractivity contribution < 1.29 is 0 Å². The summed E-state index contributed by atoms with van der Waals surface area (Å²) < 4.78 is 0. The van der Waals surface area contributed by atoms with Gasteiger partial charge < -0.3 is 5.32 Å². The predicted octanol–water partition coefficient (Wildman–Crippen LogP) is 2.43. The Morgan fingerprint density at radius 3 is 2.54 bits per heavy atom. The van der Waals surface area contributed by atoms with Crippen molar-refractivity contribution in [1.29, 1.82) is 0 Å². The normalized spacial score (nSPS) is 10.2. The van der Waals surface area contributed by atoms with Crippen LogP contribution in [0.5, 0.6) is 0 Å². The summed E-state index contributed by atoms with van der Waals surface area (Å²) in [5.41, 5.74) is 0.917. The number of hydrogen-bond acceptors (Lipinski definition) is 3. The van der Waals surface area contributed by atoms with Crippen molar-refractivity contribution in [2.45, 2.75) is 27.2 Å². The third kappa shape index (κ3) is 2.31. The quantitative estimate of drug-likeness (QED) is 0.760. The van der Waals surface area contributed by atoms with E-state index in [-0.39, 0.29) is 0 Å². The lowest BCUT2D eigenvalue weighted by atomic mass is 10.3. The van der Waals surface area contributed by atoms with Crippen LogP contribution in [-0.4, -0.2) is 16.5 Å². The fourth-order valence-corrected chi connectivity index (χ4v) is 1.22. The second kappa shape index (κ2) is 4.42. The van der Waals surface area contributed by atoms with Gasteiger partial charge in [-0.2, -0.15) is 0 Å². The molecule has 0 radical (unpaired) electrons. The average Bonchev–Trinajstić information content (AvgIpc) is 2.13. The molecule has 0 atom stereocenters. The van der Waals surface area contributed by atoms with E-state index in [2.05, 4.69) is 15.3 Å². The Morgan fingerprint density at radius 1 is 1.31 bits per heavy atom. The molecule has 72 valence electrons. The van der Waals surface area contributed by atoms with Crippen LogP contribution in [0.15, 0.2) is 0 Å². The van der Waals surface area contributed by atoms with Crippen LogP contribution >= 0.6 is 11.6 Å². The van der Waals surface area contributed by atoms with Gasteiger partial charge in [0.2, 0.25) is 0 Å². The Labute approximate surface area is 83.5 Å². The first-order valence-corrected chi connectivity index (χ1v) is 4.83. The van der Waals surface area contributed by atoms with E-state index >= 15 is 0 Å². The first-order chi connectivity index (χ1) is 6.19. The summed E-state index contributed by atoms with van der Waals surface area (Å²) in [7, 11) is 0. The van der Waals surface area contributed by atoms with Crippen LogP contribution in [-0.2, 0) is 6.42 Å². The zero-order valence-electron chi connectivity index (χ0n) is 8.19. The second-order valence-corrected chi connectivity index (χ2v) is 3.15. The summed E-state index contributed by atoms with van der Waals surface area (Å²) in [6.45, 7) is 6.80. The number of nitrogens with one attached hydrogen (secondary N) is 1. The molecule has 0 unspecified atom stereocenters. The van der Waals surface area contributed by atoms with Crippen LogP contribution in [0.25, 0.3) is 0 Å². The molecule has 1 rings (SSSR count). The van der Waals surface area contributed by atoms with E-state index in [1.165, 1.54) is 0 Å². The molecule has 13 heavy (non-hydrogen) atoms. The molecular formula is C9H14ClN3. The Kier molecular flexibility index (Phi) is 3.48. The standard InChI is InChI=1S/C9H14ClN3/c1-4-7-12-8(10)6(3)9(13-7)11-5-2/h4-5H2,1-3H3,(H,11,12,13). The summed E-state index contributed by atoms with van der Waals surface area (Å²) >= 11 is 5.94. The van der Waals surface area contributed by atoms with Gasteiger partial charge in [-0.1, -0.05) is 18.5 Å². The van der Waals surface area contributed by atoms with Gasteiger partial charge in [-0.05, 0) is 13.8 Å². The minimum atomic E-state index is 0.544. The molecule has 0 aliphatic rings. The maximum absolute atomic E-state index is 5.94. The van der Waals surface area contributed by atoms with Gasteiger partial charge in [-0.25, -0.2) is 9.97 Å². The Balaban J connectivity index is 3.09.